The Morgan fingerprint density at radius 2 is 1.94 bits per heavy atom. The highest BCUT2D eigenvalue weighted by molar-refractivity contribution is 5.91. The lowest BCUT2D eigenvalue weighted by Crippen LogP contribution is -2.12. The first-order chi connectivity index (χ1) is 7.91. The van der Waals surface area contributed by atoms with Crippen LogP contribution in [-0.4, -0.2) is 18.0 Å². The summed E-state index contributed by atoms with van der Waals surface area (Å²) in [6, 6.07) is 0. The molecule has 0 spiro atoms. The fourth-order valence-corrected chi connectivity index (χ4v) is 1.20. The van der Waals surface area contributed by atoms with Crippen LogP contribution in [0, 0.1) is 0 Å². The van der Waals surface area contributed by atoms with Gasteiger partial charge >= 0.3 is 5.97 Å². The van der Waals surface area contributed by atoms with Gasteiger partial charge in [-0.15, -0.1) is 0 Å². The van der Waals surface area contributed by atoms with Crippen molar-refractivity contribution in [3.8, 4) is 0 Å². The van der Waals surface area contributed by atoms with Crippen LogP contribution in [0.4, 0.5) is 0 Å². The maximum absolute atomic E-state index is 11.2. The van der Waals surface area contributed by atoms with E-state index in [4.69, 9.17) is 9.47 Å². The van der Waals surface area contributed by atoms with Crippen LogP contribution in [0.2, 0.25) is 0 Å². The molecule has 17 heavy (non-hydrogen) atoms. The van der Waals surface area contributed by atoms with E-state index in [1.165, 1.54) is 19.3 Å². The molecule has 0 saturated heterocycles. The summed E-state index contributed by atoms with van der Waals surface area (Å²) in [6.45, 7) is 6.76. The Bertz CT molecular complexity index is 427. The van der Waals surface area contributed by atoms with Gasteiger partial charge < -0.3 is 9.47 Å². The van der Waals surface area contributed by atoms with Gasteiger partial charge in [0.2, 0.25) is 0 Å². The second-order valence-electron chi connectivity index (χ2n) is 3.99. The molecular weight excluding hydrogens is 220 g/mol. The first kappa shape index (κ1) is 13.2. The maximum Gasteiger partial charge on any atom is 0.337 e. The summed E-state index contributed by atoms with van der Waals surface area (Å²) in [5, 5.41) is 0. The molecule has 0 aliphatic carbocycles. The first-order valence-corrected chi connectivity index (χ1v) is 5.31. The van der Waals surface area contributed by atoms with E-state index in [1.807, 2.05) is 0 Å². The number of carbonyl (C=O) groups is 2. The molecule has 92 valence electrons. The number of ketones is 1. The number of ether oxygens (including phenoxy) is 2. The third-order valence-electron chi connectivity index (χ3n) is 2.42. The number of hydrogen-bond donors (Lipinski definition) is 0. The number of hydrogen-bond acceptors (Lipinski definition) is 4. The summed E-state index contributed by atoms with van der Waals surface area (Å²) < 4.78 is 10.3. The molecule has 4 nitrogen and oxygen atoms in total. The Labute approximate surface area is 101 Å². The molecule has 1 atom stereocenters. The van der Waals surface area contributed by atoms with Crippen molar-refractivity contribution in [2.24, 2.45) is 0 Å². The van der Waals surface area contributed by atoms with Crippen LogP contribution in [0.25, 0.3) is 0 Å². The van der Waals surface area contributed by atoms with Gasteiger partial charge in [-0.05, 0) is 39.3 Å². The van der Waals surface area contributed by atoms with Crippen LogP contribution in [0.5, 0.6) is 0 Å². The second-order valence-corrected chi connectivity index (χ2v) is 3.99. The first-order valence-electron chi connectivity index (χ1n) is 5.31. The van der Waals surface area contributed by atoms with Gasteiger partial charge in [-0.3, -0.25) is 4.79 Å². The Balaban J connectivity index is 2.61. The van der Waals surface area contributed by atoms with Crippen molar-refractivity contribution >= 4 is 11.8 Å². The number of carbonyl (C=O) groups excluding carboxylic acids is 2. The molecule has 1 aliphatic rings. The Kier molecular flexibility index (Phi) is 4.26. The van der Waals surface area contributed by atoms with Crippen LogP contribution in [-0.2, 0) is 19.1 Å². The average molecular weight is 236 g/mol. The largest absolute Gasteiger partial charge is 0.458 e. The van der Waals surface area contributed by atoms with Crippen molar-refractivity contribution in [1.29, 1.82) is 0 Å². The van der Waals surface area contributed by atoms with E-state index in [1.54, 1.807) is 26.8 Å². The Morgan fingerprint density at radius 1 is 1.29 bits per heavy atom. The summed E-state index contributed by atoms with van der Waals surface area (Å²) >= 11 is 0. The maximum atomic E-state index is 11.2. The topological polar surface area (TPSA) is 52.6 Å². The molecule has 0 saturated carbocycles. The van der Waals surface area contributed by atoms with Crippen molar-refractivity contribution in [2.75, 3.05) is 0 Å². The number of allylic oxidation sites excluding steroid dienone is 3. The van der Waals surface area contributed by atoms with E-state index < -0.39 is 6.29 Å². The standard InChI is InChI=1S/C13H16O4/c1-8(5-6-9(2)14)7-16-13-11(4)10(3)12(15)17-13/h5-7,13H,1-4H3/b6-5+,8-7+. The third kappa shape index (κ3) is 3.59. The van der Waals surface area contributed by atoms with E-state index in [9.17, 15) is 9.59 Å². The molecule has 0 aromatic carbocycles. The van der Waals surface area contributed by atoms with E-state index >= 15 is 0 Å². The second kappa shape index (κ2) is 5.48. The zero-order chi connectivity index (χ0) is 13.0. The molecule has 0 bridgehead atoms. The summed E-state index contributed by atoms with van der Waals surface area (Å²) in [5.74, 6) is -0.380. The normalized spacial score (nSPS) is 21.1. The fourth-order valence-electron chi connectivity index (χ4n) is 1.20. The SMILES string of the molecule is CC(=O)/C=C/C(C)=C/OC1OC(=O)C(C)=C1C. The van der Waals surface area contributed by atoms with Crippen LogP contribution in [0.1, 0.15) is 27.7 Å². The summed E-state index contributed by atoms with van der Waals surface area (Å²) in [5.41, 5.74) is 2.13. The molecule has 1 heterocycles. The highest BCUT2D eigenvalue weighted by Gasteiger charge is 2.28. The number of esters is 1. The molecule has 1 unspecified atom stereocenters. The zero-order valence-electron chi connectivity index (χ0n) is 10.4. The summed E-state index contributed by atoms with van der Waals surface area (Å²) in [6.07, 6.45) is 3.91. The van der Waals surface area contributed by atoms with Gasteiger partial charge in [0.1, 0.15) is 0 Å². The number of rotatable bonds is 4. The lowest BCUT2D eigenvalue weighted by molar-refractivity contribution is -0.153. The highest BCUT2D eigenvalue weighted by Crippen LogP contribution is 2.23. The molecule has 1 aliphatic heterocycles. The van der Waals surface area contributed by atoms with Gasteiger partial charge in [0.25, 0.3) is 6.29 Å². The molecule has 0 amide bonds. The van der Waals surface area contributed by atoms with Gasteiger partial charge in [-0.1, -0.05) is 6.08 Å². The van der Waals surface area contributed by atoms with Crippen molar-refractivity contribution in [3.63, 3.8) is 0 Å². The Morgan fingerprint density at radius 3 is 2.41 bits per heavy atom. The monoisotopic (exact) mass is 236 g/mol. The van der Waals surface area contributed by atoms with Crippen LogP contribution >= 0.6 is 0 Å². The molecule has 0 N–H and O–H groups in total. The molecular formula is C13H16O4. The third-order valence-corrected chi connectivity index (χ3v) is 2.42. The van der Waals surface area contributed by atoms with Crippen LogP contribution < -0.4 is 0 Å². The van der Waals surface area contributed by atoms with Gasteiger partial charge in [-0.2, -0.15) is 0 Å². The minimum atomic E-state index is -0.650. The van der Waals surface area contributed by atoms with Crippen molar-refractivity contribution < 1.29 is 19.1 Å². The predicted molar refractivity (Wildman–Crippen MR) is 62.9 cm³/mol. The fraction of sp³-hybridized carbons (Fsp3) is 0.385. The van der Waals surface area contributed by atoms with Gasteiger partial charge in [0.05, 0.1) is 6.26 Å². The minimum Gasteiger partial charge on any atom is -0.458 e. The van der Waals surface area contributed by atoms with Crippen molar-refractivity contribution in [1.82, 2.24) is 0 Å². The molecule has 0 aromatic rings. The molecule has 0 radical (unpaired) electrons. The molecule has 1 rings (SSSR count). The van der Waals surface area contributed by atoms with Crippen molar-refractivity contribution in [3.05, 3.63) is 35.1 Å². The van der Waals surface area contributed by atoms with E-state index in [0.29, 0.717) is 5.57 Å². The van der Waals surface area contributed by atoms with Gasteiger partial charge in [0, 0.05) is 11.1 Å². The molecule has 0 aromatic heterocycles. The lowest BCUT2D eigenvalue weighted by atomic mass is 10.2. The zero-order valence-corrected chi connectivity index (χ0v) is 10.4. The van der Waals surface area contributed by atoms with Gasteiger partial charge in [-0.25, -0.2) is 4.79 Å². The smallest absolute Gasteiger partial charge is 0.337 e. The Hall–Kier alpha value is -1.84. The van der Waals surface area contributed by atoms with Crippen LogP contribution in [0.15, 0.2) is 35.1 Å². The molecule has 0 fully saturated rings. The van der Waals surface area contributed by atoms with E-state index in [2.05, 4.69) is 0 Å². The predicted octanol–water partition coefficient (Wildman–Crippen LogP) is 2.27. The molecule has 4 heteroatoms. The minimum absolute atomic E-state index is 0.0306. The lowest BCUT2D eigenvalue weighted by Gasteiger charge is -2.10. The van der Waals surface area contributed by atoms with Crippen LogP contribution in [0.3, 0.4) is 0 Å². The quantitative estimate of drug-likeness (QED) is 0.325. The van der Waals surface area contributed by atoms with Crippen molar-refractivity contribution in [2.45, 2.75) is 34.0 Å². The number of cyclic esters (lactones) is 1. The van der Waals surface area contributed by atoms with E-state index in [0.717, 1.165) is 11.1 Å². The summed E-state index contributed by atoms with van der Waals surface area (Å²) in [4.78, 5) is 21.9. The highest BCUT2D eigenvalue weighted by atomic mass is 16.7. The summed E-state index contributed by atoms with van der Waals surface area (Å²) in [7, 11) is 0. The average Bonchev–Trinajstić information content (AvgIpc) is 2.51. The van der Waals surface area contributed by atoms with E-state index in [-0.39, 0.29) is 11.8 Å². The van der Waals surface area contributed by atoms with Gasteiger partial charge in [0.15, 0.2) is 5.78 Å².